The number of unbranched alkanes of at least 4 members (excludes halogenated alkanes) is 5. The molecular formula is C30H60N2O4. The second-order valence-electron chi connectivity index (χ2n) is 14.2. The van der Waals surface area contributed by atoms with Crippen LogP contribution in [-0.4, -0.2) is 44.3 Å². The van der Waals surface area contributed by atoms with Gasteiger partial charge in [-0.3, -0.25) is 9.59 Å². The molecule has 2 aliphatic heterocycles. The van der Waals surface area contributed by atoms with Crippen LogP contribution >= 0.6 is 0 Å². The first kappa shape index (κ1) is 34.9. The highest BCUT2D eigenvalue weighted by Gasteiger charge is 2.36. The van der Waals surface area contributed by atoms with Gasteiger partial charge in [-0.25, -0.2) is 0 Å². The molecule has 2 fully saturated rings. The predicted molar refractivity (Wildman–Crippen MR) is 152 cm³/mol. The number of hydrogen-bond donors (Lipinski definition) is 4. The van der Waals surface area contributed by atoms with E-state index in [9.17, 15) is 9.59 Å². The van der Waals surface area contributed by atoms with Crippen LogP contribution in [-0.2, 0) is 9.59 Å². The van der Waals surface area contributed by atoms with Gasteiger partial charge < -0.3 is 20.8 Å². The van der Waals surface area contributed by atoms with Gasteiger partial charge in [0.25, 0.3) is 0 Å². The number of aliphatic carboxylic acids is 2. The Bertz CT molecular complexity index is 567. The van der Waals surface area contributed by atoms with Crippen LogP contribution in [0.1, 0.15) is 146 Å². The summed E-state index contributed by atoms with van der Waals surface area (Å²) in [5.41, 5.74) is 1.34. The third-order valence-corrected chi connectivity index (χ3v) is 6.82. The summed E-state index contributed by atoms with van der Waals surface area (Å²) < 4.78 is 0. The molecule has 2 heterocycles. The van der Waals surface area contributed by atoms with Gasteiger partial charge in [0.15, 0.2) is 0 Å². The highest BCUT2D eigenvalue weighted by Crippen LogP contribution is 2.33. The van der Waals surface area contributed by atoms with Crippen molar-refractivity contribution in [1.29, 1.82) is 0 Å². The molecule has 0 bridgehead atoms. The number of carbonyl (C=O) groups is 2. The lowest BCUT2D eigenvalue weighted by Gasteiger charge is -2.45. The third-order valence-electron chi connectivity index (χ3n) is 6.82. The average Bonchev–Trinajstić information content (AvgIpc) is 2.58. The molecule has 0 saturated carbocycles. The smallest absolute Gasteiger partial charge is 0.303 e. The summed E-state index contributed by atoms with van der Waals surface area (Å²) in [6, 6.07) is 0. The molecule has 6 heteroatoms. The lowest BCUT2D eigenvalue weighted by molar-refractivity contribution is -0.138. The Kier molecular flexibility index (Phi) is 14.8. The van der Waals surface area contributed by atoms with Crippen molar-refractivity contribution >= 4 is 11.9 Å². The Hall–Kier alpha value is -1.14. The number of piperidine rings is 2. The van der Waals surface area contributed by atoms with E-state index in [1.807, 2.05) is 0 Å². The molecule has 0 aromatic carbocycles. The first-order valence-electron chi connectivity index (χ1n) is 14.3. The van der Waals surface area contributed by atoms with Crippen molar-refractivity contribution in [3.05, 3.63) is 0 Å². The zero-order valence-electron chi connectivity index (χ0n) is 25.4. The molecule has 0 aromatic heterocycles. The summed E-state index contributed by atoms with van der Waals surface area (Å²) >= 11 is 0. The van der Waals surface area contributed by atoms with Crippen molar-refractivity contribution in [1.82, 2.24) is 10.6 Å². The summed E-state index contributed by atoms with van der Waals surface area (Å²) in [4.78, 5) is 20.3. The first-order chi connectivity index (χ1) is 16.2. The number of carboxylic acid groups (broad SMARTS) is 2. The van der Waals surface area contributed by atoms with Crippen molar-refractivity contribution < 1.29 is 19.8 Å². The molecule has 2 saturated heterocycles. The van der Waals surface area contributed by atoms with Crippen LogP contribution in [0.5, 0.6) is 0 Å². The molecule has 0 atom stereocenters. The minimum Gasteiger partial charge on any atom is -0.481 e. The third kappa shape index (κ3) is 19.0. The van der Waals surface area contributed by atoms with E-state index in [-0.39, 0.29) is 12.8 Å². The largest absolute Gasteiger partial charge is 0.481 e. The quantitative estimate of drug-likeness (QED) is 0.240. The summed E-state index contributed by atoms with van der Waals surface area (Å²) in [5, 5.41) is 24.0. The molecule has 0 amide bonds. The maximum Gasteiger partial charge on any atom is 0.303 e. The van der Waals surface area contributed by atoms with Crippen molar-refractivity contribution in [2.75, 3.05) is 0 Å². The molecule has 0 aromatic rings. The van der Waals surface area contributed by atoms with Crippen molar-refractivity contribution in [3.8, 4) is 0 Å². The maximum atomic E-state index is 10.1. The predicted octanol–water partition coefficient (Wildman–Crippen LogP) is 7.40. The van der Waals surface area contributed by atoms with Crippen LogP contribution < -0.4 is 10.6 Å². The van der Waals surface area contributed by atoms with Gasteiger partial charge in [-0.15, -0.1) is 0 Å². The molecule has 0 radical (unpaired) electrons. The van der Waals surface area contributed by atoms with Crippen LogP contribution in [0.15, 0.2) is 0 Å². The van der Waals surface area contributed by atoms with Gasteiger partial charge in [0, 0.05) is 35.0 Å². The number of carboxylic acids is 2. The molecule has 0 aliphatic carbocycles. The van der Waals surface area contributed by atoms with Gasteiger partial charge in [-0.2, -0.15) is 0 Å². The molecule has 36 heavy (non-hydrogen) atoms. The minimum absolute atomic E-state index is 0.245. The molecule has 2 aliphatic rings. The van der Waals surface area contributed by atoms with E-state index >= 15 is 0 Å². The monoisotopic (exact) mass is 512 g/mol. The number of rotatable bonds is 9. The number of nitrogens with one attached hydrogen (secondary N) is 2. The molecule has 2 rings (SSSR count). The van der Waals surface area contributed by atoms with Crippen LogP contribution in [0.2, 0.25) is 0 Å². The standard InChI is InChI=1S/2C10H21N.C10H18O4/c2*1-8-6-9(2,3)11-10(4,5)7-8;11-9(12)7-5-3-1-2-4-6-8-10(13)14/h2*8,11H,6-7H2,1-5H3;1-8H2,(H,11,12)(H,13,14). The zero-order chi connectivity index (χ0) is 28.2. The minimum atomic E-state index is -0.740. The van der Waals surface area contributed by atoms with E-state index in [2.05, 4.69) is 79.9 Å². The number of hydrogen-bond acceptors (Lipinski definition) is 4. The summed E-state index contributed by atoms with van der Waals surface area (Å²) in [5.74, 6) is 0.245. The summed E-state index contributed by atoms with van der Waals surface area (Å²) in [7, 11) is 0. The second kappa shape index (κ2) is 15.3. The Balaban J connectivity index is 0.000000515. The zero-order valence-corrected chi connectivity index (χ0v) is 25.4. The van der Waals surface area contributed by atoms with Crippen molar-refractivity contribution in [2.24, 2.45) is 11.8 Å². The first-order valence-corrected chi connectivity index (χ1v) is 14.3. The highest BCUT2D eigenvalue weighted by atomic mass is 16.4. The Labute approximate surface area is 222 Å². The molecule has 214 valence electrons. The molecule has 4 N–H and O–H groups in total. The topological polar surface area (TPSA) is 98.7 Å². The SMILES string of the molecule is CC1CC(C)(C)NC(C)(C)C1.CC1CC(C)(C)NC(C)(C)C1.O=C(O)CCCCCCCCC(=O)O. The van der Waals surface area contributed by atoms with Gasteiger partial charge in [0.05, 0.1) is 0 Å². The lowest BCUT2D eigenvalue weighted by atomic mass is 9.77. The molecule has 0 spiro atoms. The van der Waals surface area contributed by atoms with Crippen molar-refractivity contribution in [2.45, 2.75) is 168 Å². The molecular weight excluding hydrogens is 452 g/mol. The Morgan fingerprint density at radius 2 is 0.778 bits per heavy atom. The fourth-order valence-electron chi connectivity index (χ4n) is 6.92. The van der Waals surface area contributed by atoms with Crippen LogP contribution in [0.25, 0.3) is 0 Å². The Morgan fingerprint density at radius 1 is 0.556 bits per heavy atom. The van der Waals surface area contributed by atoms with Crippen LogP contribution in [0, 0.1) is 11.8 Å². The Morgan fingerprint density at radius 3 is 0.972 bits per heavy atom. The van der Waals surface area contributed by atoms with Crippen LogP contribution in [0.3, 0.4) is 0 Å². The van der Waals surface area contributed by atoms with Gasteiger partial charge in [-0.1, -0.05) is 39.5 Å². The molecule has 0 unspecified atom stereocenters. The van der Waals surface area contributed by atoms with Gasteiger partial charge in [-0.05, 0) is 106 Å². The normalized spacial score (nSPS) is 22.4. The van der Waals surface area contributed by atoms with E-state index < -0.39 is 11.9 Å². The second-order valence-corrected chi connectivity index (χ2v) is 14.2. The summed E-state index contributed by atoms with van der Waals surface area (Å²) in [6.07, 6.45) is 11.0. The van der Waals surface area contributed by atoms with Gasteiger partial charge in [0.1, 0.15) is 0 Å². The van der Waals surface area contributed by atoms with Crippen molar-refractivity contribution in [3.63, 3.8) is 0 Å². The highest BCUT2D eigenvalue weighted by molar-refractivity contribution is 5.66. The van der Waals surface area contributed by atoms with E-state index in [0.29, 0.717) is 22.2 Å². The lowest BCUT2D eigenvalue weighted by Crippen LogP contribution is -2.57. The molecule has 6 nitrogen and oxygen atoms in total. The van der Waals surface area contributed by atoms with E-state index in [1.54, 1.807) is 0 Å². The fraction of sp³-hybridized carbons (Fsp3) is 0.933. The summed E-state index contributed by atoms with van der Waals surface area (Å²) in [6.45, 7) is 23.1. The fourth-order valence-corrected chi connectivity index (χ4v) is 6.92. The van der Waals surface area contributed by atoms with E-state index in [4.69, 9.17) is 10.2 Å². The van der Waals surface area contributed by atoms with Gasteiger partial charge >= 0.3 is 11.9 Å². The van der Waals surface area contributed by atoms with E-state index in [0.717, 1.165) is 50.4 Å². The maximum absolute atomic E-state index is 10.1. The van der Waals surface area contributed by atoms with Gasteiger partial charge in [0.2, 0.25) is 0 Å². The van der Waals surface area contributed by atoms with E-state index in [1.165, 1.54) is 25.7 Å². The van der Waals surface area contributed by atoms with Crippen LogP contribution in [0.4, 0.5) is 0 Å². The average molecular weight is 513 g/mol.